The van der Waals surface area contributed by atoms with Crippen LogP contribution in [0.1, 0.15) is 38.8 Å². The molecule has 1 amide bonds. The molecule has 1 saturated carbocycles. The van der Waals surface area contributed by atoms with Crippen molar-refractivity contribution in [3.05, 3.63) is 60.0 Å². The second-order valence-electron chi connectivity index (χ2n) is 8.46. The number of aliphatic hydroxyl groups is 1. The molecule has 8 heteroatoms. The maximum absolute atomic E-state index is 13.8. The molecular weight excluding hydrogens is 404 g/mol. The van der Waals surface area contributed by atoms with Crippen LogP contribution in [-0.2, 0) is 26.2 Å². The van der Waals surface area contributed by atoms with Crippen molar-refractivity contribution in [3.63, 3.8) is 0 Å². The number of rotatable bonds is 5. The monoisotopic (exact) mass is 428 g/mol. The van der Waals surface area contributed by atoms with Crippen molar-refractivity contribution in [2.45, 2.75) is 44.4 Å². The third kappa shape index (κ3) is 2.98. The van der Waals surface area contributed by atoms with Gasteiger partial charge in [-0.05, 0) is 38.3 Å². The SMILES string of the molecule is CC1(C(=O)NCc2cc3ccccc3n2S(=O)(=O)C2(C)CC=C/C(=C/O)C2=O)CC1. The van der Waals surface area contributed by atoms with E-state index in [9.17, 15) is 23.1 Å². The quantitative estimate of drug-likeness (QED) is 0.563. The maximum Gasteiger partial charge on any atom is 0.252 e. The Bertz CT molecular complexity index is 1220. The van der Waals surface area contributed by atoms with Crippen LogP contribution in [0.4, 0.5) is 0 Å². The van der Waals surface area contributed by atoms with E-state index in [0.717, 1.165) is 12.8 Å². The second kappa shape index (κ2) is 6.84. The number of ketones is 1. The molecule has 1 fully saturated rings. The zero-order chi connectivity index (χ0) is 21.7. The van der Waals surface area contributed by atoms with Crippen molar-refractivity contribution >= 4 is 32.6 Å². The molecule has 2 aliphatic carbocycles. The summed E-state index contributed by atoms with van der Waals surface area (Å²) in [5.41, 5.74) is 0.386. The molecule has 0 bridgehead atoms. The number of carbonyl (C=O) groups is 2. The molecule has 1 aromatic carbocycles. The minimum Gasteiger partial charge on any atom is -0.515 e. The summed E-state index contributed by atoms with van der Waals surface area (Å²) in [6.07, 6.45) is 5.25. The Hall–Kier alpha value is -2.87. The Kier molecular flexibility index (Phi) is 4.65. The van der Waals surface area contributed by atoms with E-state index < -0.39 is 20.6 Å². The summed E-state index contributed by atoms with van der Waals surface area (Å²) in [6, 6.07) is 8.72. The van der Waals surface area contributed by atoms with E-state index in [1.54, 1.807) is 36.4 Å². The lowest BCUT2D eigenvalue weighted by atomic mass is 9.90. The molecule has 0 radical (unpaired) electrons. The summed E-state index contributed by atoms with van der Waals surface area (Å²) in [7, 11) is -4.22. The molecule has 1 unspecified atom stereocenters. The third-order valence-corrected chi connectivity index (χ3v) is 8.62. The molecule has 1 atom stereocenters. The van der Waals surface area contributed by atoms with E-state index in [4.69, 9.17) is 0 Å². The van der Waals surface area contributed by atoms with Gasteiger partial charge in [0.15, 0.2) is 10.5 Å². The Morgan fingerprint density at radius 2 is 1.97 bits per heavy atom. The average molecular weight is 429 g/mol. The largest absolute Gasteiger partial charge is 0.515 e. The zero-order valence-corrected chi connectivity index (χ0v) is 17.7. The summed E-state index contributed by atoms with van der Waals surface area (Å²) in [5.74, 6) is -0.768. The highest BCUT2D eigenvalue weighted by Crippen LogP contribution is 2.45. The molecule has 0 saturated heterocycles. The fraction of sp³-hybridized carbons (Fsp3) is 0.364. The topological polar surface area (TPSA) is 105 Å². The van der Waals surface area contributed by atoms with Crippen LogP contribution in [0, 0.1) is 5.41 Å². The van der Waals surface area contributed by atoms with Crippen LogP contribution in [0.5, 0.6) is 0 Å². The van der Waals surface area contributed by atoms with Crippen molar-refractivity contribution in [2.24, 2.45) is 5.41 Å². The van der Waals surface area contributed by atoms with Gasteiger partial charge in [0.25, 0.3) is 10.0 Å². The average Bonchev–Trinajstić information content (AvgIpc) is 3.36. The first-order valence-electron chi connectivity index (χ1n) is 9.83. The molecule has 1 heterocycles. The molecule has 2 aliphatic rings. The van der Waals surface area contributed by atoms with Gasteiger partial charge in [-0.25, -0.2) is 12.4 Å². The summed E-state index contributed by atoms with van der Waals surface area (Å²) >= 11 is 0. The van der Waals surface area contributed by atoms with Crippen LogP contribution in [0.25, 0.3) is 10.9 Å². The van der Waals surface area contributed by atoms with Gasteiger partial charge in [0.2, 0.25) is 5.91 Å². The standard InChI is InChI=1S/C22H24N2O5S/c1-21(10-11-21)20(27)23-13-17-12-15-6-3-4-8-18(15)24(17)30(28,29)22(2)9-5-7-16(14-25)19(22)26/h3-8,12,14,25H,9-11,13H2,1-2H3,(H,23,27)/b16-14-. The lowest BCUT2D eigenvalue weighted by Gasteiger charge is -2.31. The Morgan fingerprint density at radius 3 is 2.63 bits per heavy atom. The molecular formula is C22H24N2O5S. The molecule has 1 aromatic heterocycles. The van der Waals surface area contributed by atoms with E-state index in [-0.39, 0.29) is 29.9 Å². The predicted octanol–water partition coefficient (Wildman–Crippen LogP) is 2.97. The fourth-order valence-electron chi connectivity index (χ4n) is 3.80. The summed E-state index contributed by atoms with van der Waals surface area (Å²) in [6.45, 7) is 3.29. The number of aromatic nitrogens is 1. The number of allylic oxidation sites excluding steroid dienone is 3. The summed E-state index contributed by atoms with van der Waals surface area (Å²) in [5, 5.41) is 12.9. The van der Waals surface area contributed by atoms with E-state index in [1.807, 2.05) is 6.92 Å². The van der Waals surface area contributed by atoms with Crippen LogP contribution in [-0.4, -0.2) is 33.9 Å². The molecule has 0 spiro atoms. The van der Waals surface area contributed by atoms with Crippen LogP contribution in [0.3, 0.4) is 0 Å². The van der Waals surface area contributed by atoms with Crippen LogP contribution in [0.2, 0.25) is 0 Å². The lowest BCUT2D eigenvalue weighted by Crippen LogP contribution is -2.48. The Balaban J connectivity index is 1.81. The van der Waals surface area contributed by atoms with Crippen LogP contribution < -0.4 is 5.32 Å². The highest BCUT2D eigenvalue weighted by molar-refractivity contribution is 7.92. The maximum atomic E-state index is 13.8. The van der Waals surface area contributed by atoms with E-state index >= 15 is 0 Å². The number of nitrogens with one attached hydrogen (secondary N) is 1. The second-order valence-corrected chi connectivity index (χ2v) is 10.7. The molecule has 2 N–H and O–H groups in total. The number of benzene rings is 1. The molecule has 158 valence electrons. The van der Waals surface area contributed by atoms with Crippen molar-refractivity contribution in [2.75, 3.05) is 0 Å². The lowest BCUT2D eigenvalue weighted by molar-refractivity contribution is -0.126. The number of carbonyl (C=O) groups excluding carboxylic acids is 2. The number of Topliss-reactive ketones (excluding diaryl/α,β-unsaturated/α-hetero) is 1. The Labute approximate surface area is 175 Å². The van der Waals surface area contributed by atoms with Gasteiger partial charge >= 0.3 is 0 Å². The molecule has 4 rings (SSSR count). The molecule has 0 aliphatic heterocycles. The van der Waals surface area contributed by atoms with Gasteiger partial charge < -0.3 is 10.4 Å². The number of amides is 1. The van der Waals surface area contributed by atoms with Gasteiger partial charge in [-0.2, -0.15) is 0 Å². The first-order valence-corrected chi connectivity index (χ1v) is 11.3. The first kappa shape index (κ1) is 20.4. The van der Waals surface area contributed by atoms with Crippen LogP contribution in [0.15, 0.2) is 54.3 Å². The number of hydrogen-bond acceptors (Lipinski definition) is 5. The van der Waals surface area contributed by atoms with Gasteiger partial charge in [-0.15, -0.1) is 0 Å². The van der Waals surface area contributed by atoms with Gasteiger partial charge in [0.1, 0.15) is 0 Å². The van der Waals surface area contributed by atoms with Crippen LogP contribution >= 0.6 is 0 Å². The third-order valence-electron chi connectivity index (χ3n) is 6.21. The number of hydrogen-bond donors (Lipinski definition) is 2. The van der Waals surface area contributed by atoms with Crippen molar-refractivity contribution in [1.29, 1.82) is 0 Å². The highest BCUT2D eigenvalue weighted by Gasteiger charge is 2.50. The number of fused-ring (bicyclic) bond motifs is 1. The number of nitrogens with zero attached hydrogens (tertiary/aromatic N) is 1. The minimum atomic E-state index is -4.22. The van der Waals surface area contributed by atoms with Gasteiger partial charge in [0.05, 0.1) is 29.6 Å². The smallest absolute Gasteiger partial charge is 0.252 e. The van der Waals surface area contributed by atoms with Crippen molar-refractivity contribution in [1.82, 2.24) is 9.29 Å². The highest BCUT2D eigenvalue weighted by atomic mass is 32.2. The van der Waals surface area contributed by atoms with Crippen molar-refractivity contribution in [3.8, 4) is 0 Å². The van der Waals surface area contributed by atoms with Crippen molar-refractivity contribution < 1.29 is 23.1 Å². The fourth-order valence-corrected chi connectivity index (χ4v) is 5.72. The van der Waals surface area contributed by atoms with E-state index in [1.165, 1.54) is 17.0 Å². The molecule has 7 nitrogen and oxygen atoms in total. The van der Waals surface area contributed by atoms with E-state index in [0.29, 0.717) is 22.9 Å². The Morgan fingerprint density at radius 1 is 1.27 bits per heavy atom. The van der Waals surface area contributed by atoms with E-state index in [2.05, 4.69) is 5.32 Å². The molecule has 30 heavy (non-hydrogen) atoms. The van der Waals surface area contributed by atoms with Gasteiger partial charge in [0, 0.05) is 10.8 Å². The minimum absolute atomic E-state index is 0.0120. The normalized spacial score (nSPS) is 24.3. The molecule has 2 aromatic rings. The van der Waals surface area contributed by atoms with Gasteiger partial charge in [-0.3, -0.25) is 9.59 Å². The number of para-hydroxylation sites is 1. The zero-order valence-electron chi connectivity index (χ0n) is 16.9. The number of aliphatic hydroxyl groups excluding tert-OH is 1. The van der Waals surface area contributed by atoms with Gasteiger partial charge in [-0.1, -0.05) is 37.3 Å². The first-order chi connectivity index (χ1) is 14.1. The summed E-state index contributed by atoms with van der Waals surface area (Å²) < 4.78 is 27.0. The summed E-state index contributed by atoms with van der Waals surface area (Å²) in [4.78, 5) is 25.3. The predicted molar refractivity (Wildman–Crippen MR) is 113 cm³/mol.